The fourth-order valence-corrected chi connectivity index (χ4v) is 5.24. The van der Waals surface area contributed by atoms with E-state index in [1.54, 1.807) is 16.4 Å². The number of sulfonamides is 1. The highest BCUT2D eigenvalue weighted by Crippen LogP contribution is 2.22. The first-order valence-corrected chi connectivity index (χ1v) is 11.5. The second kappa shape index (κ2) is 9.53. The molecule has 3 rings (SSSR count). The minimum atomic E-state index is -3.57. The molecule has 0 amide bonds. The number of hydrogen-bond donors (Lipinski definition) is 0. The molecule has 2 aromatic rings. The van der Waals surface area contributed by atoms with Crippen molar-refractivity contribution >= 4 is 10.0 Å². The molecule has 1 unspecified atom stereocenters. The van der Waals surface area contributed by atoms with Crippen molar-refractivity contribution < 1.29 is 8.42 Å². The van der Waals surface area contributed by atoms with Gasteiger partial charge in [-0.05, 0) is 50.9 Å². The lowest BCUT2D eigenvalue weighted by atomic mass is 10.1. The molecular formula is C23H29N3O2S. The van der Waals surface area contributed by atoms with E-state index in [9.17, 15) is 8.42 Å². The van der Waals surface area contributed by atoms with E-state index < -0.39 is 10.0 Å². The Labute approximate surface area is 174 Å². The molecule has 6 heteroatoms. The molecule has 1 heterocycles. The third-order valence-electron chi connectivity index (χ3n) is 5.50. The number of hydrogen-bond acceptors (Lipinski definition) is 3. The van der Waals surface area contributed by atoms with Crippen LogP contribution >= 0.6 is 0 Å². The van der Waals surface area contributed by atoms with Crippen LogP contribution in [0.15, 0.2) is 53.4 Å². The lowest BCUT2D eigenvalue weighted by Crippen LogP contribution is -2.49. The predicted molar refractivity (Wildman–Crippen MR) is 116 cm³/mol. The molecule has 1 aliphatic heterocycles. The van der Waals surface area contributed by atoms with Gasteiger partial charge < -0.3 is 4.85 Å². The molecule has 0 bridgehead atoms. The maximum absolute atomic E-state index is 13.2. The van der Waals surface area contributed by atoms with Crippen LogP contribution in [0.5, 0.6) is 0 Å². The molecular weight excluding hydrogens is 382 g/mol. The molecule has 154 valence electrons. The smallest absolute Gasteiger partial charge is 0.243 e. The van der Waals surface area contributed by atoms with Gasteiger partial charge >= 0.3 is 0 Å². The highest BCUT2D eigenvalue weighted by molar-refractivity contribution is 7.89. The topological polar surface area (TPSA) is 45.0 Å². The van der Waals surface area contributed by atoms with Crippen LogP contribution in [0.3, 0.4) is 0 Å². The molecule has 5 nitrogen and oxygen atoms in total. The highest BCUT2D eigenvalue weighted by Gasteiger charge is 2.32. The van der Waals surface area contributed by atoms with Crippen LogP contribution in [-0.4, -0.2) is 49.8 Å². The Morgan fingerprint density at radius 1 is 0.966 bits per heavy atom. The van der Waals surface area contributed by atoms with Crippen LogP contribution in [0.2, 0.25) is 0 Å². The fraction of sp³-hybridized carbons (Fsp3) is 0.435. The standard InChI is InChI=1S/C23H29N3O2S/c1-19-6-10-21(11-7-19)17-25-14-4-5-15-26(18-22(25)16-24-3)29(27,28)23-12-8-20(2)9-13-23/h6-13,22H,4-5,14-18H2,1-2H3. The van der Waals surface area contributed by atoms with Gasteiger partial charge in [0.05, 0.1) is 10.9 Å². The van der Waals surface area contributed by atoms with Crippen molar-refractivity contribution in [2.75, 3.05) is 26.2 Å². The van der Waals surface area contributed by atoms with Gasteiger partial charge in [-0.15, -0.1) is 0 Å². The van der Waals surface area contributed by atoms with E-state index >= 15 is 0 Å². The Morgan fingerprint density at radius 3 is 2.17 bits per heavy atom. The SMILES string of the molecule is [C-]#[N+]CC1CN(S(=O)(=O)c2ccc(C)cc2)CCCCN1Cc1ccc(C)cc1. The minimum Gasteiger partial charge on any atom is -0.315 e. The molecule has 0 N–H and O–H groups in total. The van der Waals surface area contributed by atoms with E-state index in [4.69, 9.17) is 6.57 Å². The molecule has 0 spiro atoms. The Balaban J connectivity index is 1.83. The van der Waals surface area contributed by atoms with Crippen molar-refractivity contribution in [3.63, 3.8) is 0 Å². The summed E-state index contributed by atoms with van der Waals surface area (Å²) in [6.45, 7) is 14.2. The molecule has 1 fully saturated rings. The molecule has 2 aromatic carbocycles. The Kier molecular flexibility index (Phi) is 7.07. The van der Waals surface area contributed by atoms with Crippen molar-refractivity contribution in [1.82, 2.24) is 9.21 Å². The first-order valence-electron chi connectivity index (χ1n) is 10.1. The molecule has 1 saturated heterocycles. The monoisotopic (exact) mass is 411 g/mol. The molecule has 0 radical (unpaired) electrons. The zero-order chi connectivity index (χ0) is 20.9. The summed E-state index contributed by atoms with van der Waals surface area (Å²) in [5.74, 6) is 0. The number of aryl methyl sites for hydroxylation is 2. The van der Waals surface area contributed by atoms with Gasteiger partial charge in [0.25, 0.3) is 0 Å². The number of benzene rings is 2. The first-order chi connectivity index (χ1) is 13.9. The van der Waals surface area contributed by atoms with Gasteiger partial charge in [-0.3, -0.25) is 4.90 Å². The van der Waals surface area contributed by atoms with Gasteiger partial charge in [-0.25, -0.2) is 15.0 Å². The van der Waals surface area contributed by atoms with E-state index in [0.717, 1.165) is 31.5 Å². The summed E-state index contributed by atoms with van der Waals surface area (Å²) in [4.78, 5) is 6.23. The van der Waals surface area contributed by atoms with Gasteiger partial charge in [0.1, 0.15) is 0 Å². The van der Waals surface area contributed by atoms with Crippen LogP contribution in [-0.2, 0) is 16.6 Å². The second-order valence-corrected chi connectivity index (χ2v) is 9.77. The normalized spacial score (nSPS) is 19.3. The van der Waals surface area contributed by atoms with Gasteiger partial charge in [0.2, 0.25) is 16.6 Å². The predicted octanol–water partition coefficient (Wildman–Crippen LogP) is 3.88. The van der Waals surface area contributed by atoms with E-state index in [0.29, 0.717) is 24.5 Å². The number of nitrogens with zero attached hydrogens (tertiary/aromatic N) is 3. The molecule has 1 aliphatic rings. The first kappa shape index (κ1) is 21.5. The summed E-state index contributed by atoms with van der Waals surface area (Å²) in [6.07, 6.45) is 1.74. The summed E-state index contributed by atoms with van der Waals surface area (Å²) in [5.41, 5.74) is 3.44. The highest BCUT2D eigenvalue weighted by atomic mass is 32.2. The van der Waals surface area contributed by atoms with Gasteiger partial charge in [0.15, 0.2) is 0 Å². The van der Waals surface area contributed by atoms with Crippen molar-refractivity contribution in [2.24, 2.45) is 0 Å². The molecule has 1 atom stereocenters. The summed E-state index contributed by atoms with van der Waals surface area (Å²) in [6, 6.07) is 15.3. The van der Waals surface area contributed by atoms with Crippen LogP contribution in [0.1, 0.15) is 29.5 Å². The van der Waals surface area contributed by atoms with Crippen molar-refractivity contribution in [3.05, 3.63) is 76.6 Å². The second-order valence-electron chi connectivity index (χ2n) is 7.83. The van der Waals surface area contributed by atoms with E-state index in [1.165, 1.54) is 11.1 Å². The van der Waals surface area contributed by atoms with Crippen LogP contribution < -0.4 is 0 Å². The maximum atomic E-state index is 13.2. The van der Waals surface area contributed by atoms with Crippen molar-refractivity contribution in [3.8, 4) is 0 Å². The minimum absolute atomic E-state index is 0.116. The molecule has 0 aliphatic carbocycles. The Bertz CT molecular complexity index is 947. The maximum Gasteiger partial charge on any atom is 0.243 e. The fourth-order valence-electron chi connectivity index (χ4n) is 3.72. The summed E-state index contributed by atoms with van der Waals surface area (Å²) in [7, 11) is -3.57. The molecule has 0 aromatic heterocycles. The average molecular weight is 412 g/mol. The third-order valence-corrected chi connectivity index (χ3v) is 7.38. The average Bonchev–Trinajstić information content (AvgIpc) is 2.68. The summed E-state index contributed by atoms with van der Waals surface area (Å²) >= 11 is 0. The van der Waals surface area contributed by atoms with Gasteiger partial charge in [-0.2, -0.15) is 4.31 Å². The van der Waals surface area contributed by atoms with E-state index in [2.05, 4.69) is 40.9 Å². The van der Waals surface area contributed by atoms with E-state index in [-0.39, 0.29) is 6.04 Å². The quantitative estimate of drug-likeness (QED) is 0.702. The van der Waals surface area contributed by atoms with Crippen molar-refractivity contribution in [1.29, 1.82) is 0 Å². The zero-order valence-electron chi connectivity index (χ0n) is 17.2. The lowest BCUT2D eigenvalue weighted by Gasteiger charge is -2.35. The van der Waals surface area contributed by atoms with Crippen molar-refractivity contribution in [2.45, 2.75) is 44.2 Å². The van der Waals surface area contributed by atoms with Gasteiger partial charge in [0, 0.05) is 19.6 Å². The largest absolute Gasteiger partial charge is 0.315 e. The lowest BCUT2D eigenvalue weighted by molar-refractivity contribution is 0.151. The van der Waals surface area contributed by atoms with Gasteiger partial charge in [-0.1, -0.05) is 47.5 Å². The summed E-state index contributed by atoms with van der Waals surface area (Å²) in [5, 5.41) is 0. The van der Waals surface area contributed by atoms with Crippen LogP contribution in [0.25, 0.3) is 4.85 Å². The van der Waals surface area contributed by atoms with Crippen LogP contribution in [0, 0.1) is 20.4 Å². The summed E-state index contributed by atoms with van der Waals surface area (Å²) < 4.78 is 28.1. The third kappa shape index (κ3) is 5.45. The van der Waals surface area contributed by atoms with Crippen LogP contribution in [0.4, 0.5) is 0 Å². The van der Waals surface area contributed by atoms with E-state index in [1.807, 2.05) is 19.1 Å². The molecule has 0 saturated carbocycles. The Morgan fingerprint density at radius 2 is 1.55 bits per heavy atom. The Hall–Kier alpha value is -2.20. The molecule has 29 heavy (non-hydrogen) atoms. The number of rotatable bonds is 5. The zero-order valence-corrected chi connectivity index (χ0v) is 18.0.